The fourth-order valence-corrected chi connectivity index (χ4v) is 3.26. The van der Waals surface area contributed by atoms with Crippen LogP contribution in [0.5, 0.6) is 0 Å². The Morgan fingerprint density at radius 1 is 1.25 bits per heavy atom. The van der Waals surface area contributed by atoms with E-state index < -0.39 is 11.7 Å². The molecule has 0 saturated heterocycles. The van der Waals surface area contributed by atoms with Gasteiger partial charge in [0.25, 0.3) is 0 Å². The molecule has 6 nitrogen and oxygen atoms in total. The van der Waals surface area contributed by atoms with Crippen molar-refractivity contribution in [1.82, 2.24) is 25.1 Å². The van der Waals surface area contributed by atoms with Crippen LogP contribution < -0.4 is 5.32 Å². The largest absolute Gasteiger partial charge is 0.417 e. The maximum atomic E-state index is 12.7. The number of benzene rings is 1. The van der Waals surface area contributed by atoms with E-state index >= 15 is 0 Å². The number of nitrogens with one attached hydrogen (secondary N) is 1. The van der Waals surface area contributed by atoms with Crippen LogP contribution in [0, 0.1) is 0 Å². The molecule has 0 atom stereocenters. The quantitative estimate of drug-likeness (QED) is 0.663. The Labute approximate surface area is 167 Å². The summed E-state index contributed by atoms with van der Waals surface area (Å²) < 4.78 is 39.8. The van der Waals surface area contributed by atoms with Gasteiger partial charge in [-0.25, -0.2) is 4.98 Å². The lowest BCUT2D eigenvalue weighted by Gasteiger charge is -2.11. The minimum Gasteiger partial charge on any atom is -0.349 e. The minimum atomic E-state index is -4.46. The van der Waals surface area contributed by atoms with Crippen molar-refractivity contribution in [3.63, 3.8) is 0 Å². The highest BCUT2D eigenvalue weighted by Crippen LogP contribution is 2.32. The minimum absolute atomic E-state index is 0.121. The van der Waals surface area contributed by atoms with E-state index in [2.05, 4.69) is 20.5 Å². The second kappa shape index (κ2) is 8.19. The third-order valence-corrected chi connectivity index (χ3v) is 4.65. The molecule has 3 aromatic rings. The Hall–Kier alpha value is -2.59. The number of nitrogens with zero attached hydrogens (tertiary/aromatic N) is 4. The molecule has 0 spiro atoms. The Morgan fingerprint density at radius 3 is 2.64 bits per heavy atom. The number of carbonyl (C=O) groups is 1. The lowest BCUT2D eigenvalue weighted by molar-refractivity contribution is -0.137. The van der Waals surface area contributed by atoms with Gasteiger partial charge in [-0.3, -0.25) is 9.36 Å². The van der Waals surface area contributed by atoms with E-state index in [1.807, 2.05) is 0 Å². The maximum absolute atomic E-state index is 12.7. The van der Waals surface area contributed by atoms with Crippen LogP contribution in [0.2, 0.25) is 5.02 Å². The number of carbonyl (C=O) groups excluding carboxylic acids is 1. The van der Waals surface area contributed by atoms with E-state index in [4.69, 9.17) is 11.6 Å². The number of hydrogen-bond donors (Lipinski definition) is 1. The molecular weight excluding hydrogens is 415 g/mol. The molecule has 146 valence electrons. The second-order valence-electron chi connectivity index (χ2n) is 5.61. The van der Waals surface area contributed by atoms with Gasteiger partial charge in [0.2, 0.25) is 11.1 Å². The monoisotopic (exact) mass is 427 g/mol. The van der Waals surface area contributed by atoms with Crippen molar-refractivity contribution in [2.45, 2.75) is 29.8 Å². The molecule has 2 aromatic heterocycles. The van der Waals surface area contributed by atoms with Crippen LogP contribution in [0.15, 0.2) is 52.8 Å². The Bertz CT molecular complexity index is 991. The van der Waals surface area contributed by atoms with Crippen molar-refractivity contribution in [2.75, 3.05) is 0 Å². The Kier molecular flexibility index (Phi) is 5.90. The SMILES string of the molecule is CC(=O)NCc1nnc(Sc2ccc(C(F)(F)F)cn2)n1-c1cccc(Cl)c1. The third-order valence-electron chi connectivity index (χ3n) is 3.52. The van der Waals surface area contributed by atoms with Gasteiger partial charge >= 0.3 is 6.18 Å². The smallest absolute Gasteiger partial charge is 0.349 e. The zero-order chi connectivity index (χ0) is 20.3. The lowest BCUT2D eigenvalue weighted by atomic mass is 10.3. The summed E-state index contributed by atoms with van der Waals surface area (Å²) in [5, 5.41) is 12.0. The van der Waals surface area contributed by atoms with E-state index in [0.29, 0.717) is 26.7 Å². The van der Waals surface area contributed by atoms with Gasteiger partial charge in [0, 0.05) is 18.1 Å². The molecule has 0 aliphatic heterocycles. The lowest BCUT2D eigenvalue weighted by Crippen LogP contribution is -2.21. The molecule has 0 fully saturated rings. The molecule has 28 heavy (non-hydrogen) atoms. The summed E-state index contributed by atoms with van der Waals surface area (Å²) in [4.78, 5) is 15.1. The van der Waals surface area contributed by atoms with Gasteiger partial charge in [0.1, 0.15) is 5.03 Å². The van der Waals surface area contributed by atoms with E-state index in [9.17, 15) is 18.0 Å². The molecule has 0 saturated carbocycles. The zero-order valence-electron chi connectivity index (χ0n) is 14.4. The van der Waals surface area contributed by atoms with Gasteiger partial charge in [-0.05, 0) is 42.1 Å². The first-order chi connectivity index (χ1) is 13.2. The number of aromatic nitrogens is 4. The molecule has 1 aromatic carbocycles. The summed E-state index contributed by atoms with van der Waals surface area (Å²) in [6.07, 6.45) is -3.69. The van der Waals surface area contributed by atoms with Crippen molar-refractivity contribution in [2.24, 2.45) is 0 Å². The van der Waals surface area contributed by atoms with Crippen LogP contribution in [-0.4, -0.2) is 25.7 Å². The highest BCUT2D eigenvalue weighted by Gasteiger charge is 2.30. The number of pyridine rings is 1. The van der Waals surface area contributed by atoms with E-state index in [1.54, 1.807) is 28.8 Å². The number of halogens is 4. The van der Waals surface area contributed by atoms with E-state index in [1.165, 1.54) is 13.0 Å². The summed E-state index contributed by atoms with van der Waals surface area (Å²) in [5.74, 6) is 0.200. The van der Waals surface area contributed by atoms with Crippen LogP contribution in [0.3, 0.4) is 0 Å². The van der Waals surface area contributed by atoms with Crippen molar-refractivity contribution in [1.29, 1.82) is 0 Å². The average Bonchev–Trinajstić information content (AvgIpc) is 3.02. The summed E-state index contributed by atoms with van der Waals surface area (Å²) in [7, 11) is 0. The van der Waals surface area contributed by atoms with Crippen molar-refractivity contribution in [3.8, 4) is 5.69 Å². The van der Waals surface area contributed by atoms with Gasteiger partial charge in [0.05, 0.1) is 17.8 Å². The molecule has 0 aliphatic rings. The number of amides is 1. The maximum Gasteiger partial charge on any atom is 0.417 e. The van der Waals surface area contributed by atoms with Crippen LogP contribution in [0.1, 0.15) is 18.3 Å². The third kappa shape index (κ3) is 4.82. The summed E-state index contributed by atoms with van der Waals surface area (Å²) in [6, 6.07) is 9.12. The number of rotatable bonds is 5. The van der Waals surface area contributed by atoms with Crippen molar-refractivity contribution in [3.05, 3.63) is 59.0 Å². The molecule has 1 amide bonds. The number of hydrogen-bond acceptors (Lipinski definition) is 5. The highest BCUT2D eigenvalue weighted by atomic mass is 35.5. The van der Waals surface area contributed by atoms with E-state index in [-0.39, 0.29) is 12.5 Å². The first-order valence-corrected chi connectivity index (χ1v) is 9.09. The second-order valence-corrected chi connectivity index (χ2v) is 7.03. The first kappa shape index (κ1) is 20.2. The molecule has 11 heteroatoms. The van der Waals surface area contributed by atoms with Gasteiger partial charge in [0.15, 0.2) is 5.82 Å². The molecule has 0 aliphatic carbocycles. The zero-order valence-corrected chi connectivity index (χ0v) is 15.9. The molecule has 0 unspecified atom stereocenters. The van der Waals surface area contributed by atoms with Gasteiger partial charge in [-0.2, -0.15) is 13.2 Å². The summed E-state index contributed by atoms with van der Waals surface area (Å²) >= 11 is 7.11. The molecule has 1 N–H and O–H groups in total. The predicted octanol–water partition coefficient (Wildman–Crippen LogP) is 4.12. The Morgan fingerprint density at radius 2 is 2.04 bits per heavy atom. The van der Waals surface area contributed by atoms with Crippen LogP contribution in [0.4, 0.5) is 13.2 Å². The summed E-state index contributed by atoms with van der Waals surface area (Å²) in [5.41, 5.74) is -0.188. The summed E-state index contributed by atoms with van der Waals surface area (Å²) in [6.45, 7) is 1.50. The Balaban J connectivity index is 1.95. The fraction of sp³-hybridized carbons (Fsp3) is 0.176. The fourth-order valence-electron chi connectivity index (χ4n) is 2.26. The average molecular weight is 428 g/mol. The normalized spacial score (nSPS) is 11.5. The topological polar surface area (TPSA) is 72.7 Å². The predicted molar refractivity (Wildman–Crippen MR) is 97.3 cm³/mol. The highest BCUT2D eigenvalue weighted by molar-refractivity contribution is 7.99. The van der Waals surface area contributed by atoms with Crippen LogP contribution in [0.25, 0.3) is 5.69 Å². The molecule has 0 bridgehead atoms. The molecule has 0 radical (unpaired) electrons. The van der Waals surface area contributed by atoms with Crippen LogP contribution in [-0.2, 0) is 17.5 Å². The van der Waals surface area contributed by atoms with Crippen molar-refractivity contribution >= 4 is 29.3 Å². The molecule has 3 rings (SSSR count). The van der Waals surface area contributed by atoms with Crippen LogP contribution >= 0.6 is 23.4 Å². The number of alkyl halides is 3. The van der Waals surface area contributed by atoms with Crippen molar-refractivity contribution < 1.29 is 18.0 Å². The van der Waals surface area contributed by atoms with E-state index in [0.717, 1.165) is 24.0 Å². The molecular formula is C17H13ClF3N5OS. The standard InChI is InChI=1S/C17H13ClF3N5OS/c1-10(27)22-9-14-24-25-16(26(14)13-4-2-3-12(18)7-13)28-15-6-5-11(8-23-15)17(19,20)21/h2-8H,9H2,1H3,(H,22,27). The van der Waals surface area contributed by atoms with Gasteiger partial charge in [-0.15, -0.1) is 10.2 Å². The first-order valence-electron chi connectivity index (χ1n) is 7.90. The molecule has 2 heterocycles. The van der Waals surface area contributed by atoms with Gasteiger partial charge in [-0.1, -0.05) is 17.7 Å². The van der Waals surface area contributed by atoms with Gasteiger partial charge < -0.3 is 5.32 Å².